The van der Waals surface area contributed by atoms with Crippen molar-refractivity contribution < 1.29 is 14.0 Å². The van der Waals surface area contributed by atoms with E-state index < -0.39 is 0 Å². The molecular formula is C20H33N3O3. The monoisotopic (exact) mass is 363 g/mol. The summed E-state index contributed by atoms with van der Waals surface area (Å²) in [5.74, 6) is 1.33. The Hall–Kier alpha value is -1.82. The van der Waals surface area contributed by atoms with Crippen molar-refractivity contribution in [3.8, 4) is 0 Å². The lowest BCUT2D eigenvalue weighted by molar-refractivity contribution is -0.130. The van der Waals surface area contributed by atoms with Crippen LogP contribution in [-0.4, -0.2) is 65.3 Å². The Morgan fingerprint density at radius 2 is 1.88 bits per heavy atom. The Morgan fingerprint density at radius 3 is 2.42 bits per heavy atom. The Morgan fingerprint density at radius 1 is 1.19 bits per heavy atom. The topological polar surface area (TPSA) is 57.0 Å². The minimum atomic E-state index is -0.0624. The second kappa shape index (κ2) is 9.21. The van der Waals surface area contributed by atoms with Gasteiger partial charge in [0.2, 0.25) is 5.91 Å². The molecule has 0 saturated carbocycles. The molecule has 1 aliphatic rings. The highest BCUT2D eigenvalue weighted by Crippen LogP contribution is 2.23. The van der Waals surface area contributed by atoms with Crippen LogP contribution in [0.25, 0.3) is 0 Å². The van der Waals surface area contributed by atoms with Gasteiger partial charge in [0.25, 0.3) is 5.91 Å². The predicted molar refractivity (Wildman–Crippen MR) is 102 cm³/mol. The quantitative estimate of drug-likeness (QED) is 0.713. The summed E-state index contributed by atoms with van der Waals surface area (Å²) in [5.41, 5.74) is 1.11. The van der Waals surface area contributed by atoms with Gasteiger partial charge in [0.15, 0.2) is 5.76 Å². The molecule has 0 radical (unpaired) electrons. The van der Waals surface area contributed by atoms with Crippen molar-refractivity contribution in [2.45, 2.75) is 60.0 Å². The first kappa shape index (κ1) is 20.5. The lowest BCUT2D eigenvalue weighted by Gasteiger charge is -2.26. The van der Waals surface area contributed by atoms with Crippen molar-refractivity contribution in [1.29, 1.82) is 0 Å². The Labute approximate surface area is 157 Å². The number of amides is 2. The van der Waals surface area contributed by atoms with Crippen molar-refractivity contribution in [2.75, 3.05) is 32.7 Å². The van der Waals surface area contributed by atoms with Gasteiger partial charge < -0.3 is 14.2 Å². The highest BCUT2D eigenvalue weighted by Gasteiger charge is 2.33. The Balaban J connectivity index is 2.10. The number of rotatable bonds is 8. The molecule has 0 N–H and O–H groups in total. The molecule has 6 heteroatoms. The molecule has 2 rings (SSSR count). The van der Waals surface area contributed by atoms with Crippen LogP contribution in [0.1, 0.15) is 62.9 Å². The Kier molecular flexibility index (Phi) is 7.26. The SMILES string of the molecule is CCc1oc(C(=O)N2CC[C@H](N(CC)C(C)=O)C2)cc1CN(CC)CC. The summed E-state index contributed by atoms with van der Waals surface area (Å²) in [5, 5.41) is 0. The molecule has 1 atom stereocenters. The van der Waals surface area contributed by atoms with E-state index in [0.29, 0.717) is 25.4 Å². The van der Waals surface area contributed by atoms with Crippen LogP contribution in [0.3, 0.4) is 0 Å². The fourth-order valence-electron chi connectivity index (χ4n) is 3.77. The van der Waals surface area contributed by atoms with Crippen LogP contribution >= 0.6 is 0 Å². The summed E-state index contributed by atoms with van der Waals surface area (Å²) in [6, 6.07) is 2.02. The predicted octanol–water partition coefficient (Wildman–Crippen LogP) is 2.77. The molecule has 1 aromatic rings. The largest absolute Gasteiger partial charge is 0.456 e. The van der Waals surface area contributed by atoms with Gasteiger partial charge in [-0.3, -0.25) is 14.5 Å². The number of furan rings is 1. The van der Waals surface area contributed by atoms with E-state index in [4.69, 9.17) is 4.42 Å². The first-order valence-corrected chi connectivity index (χ1v) is 9.85. The fraction of sp³-hybridized carbons (Fsp3) is 0.700. The zero-order chi connectivity index (χ0) is 19.3. The first-order chi connectivity index (χ1) is 12.4. The molecule has 146 valence electrons. The van der Waals surface area contributed by atoms with Gasteiger partial charge >= 0.3 is 0 Å². The van der Waals surface area contributed by atoms with Crippen LogP contribution in [0.15, 0.2) is 10.5 Å². The second-order valence-corrected chi connectivity index (χ2v) is 6.87. The van der Waals surface area contributed by atoms with E-state index in [1.165, 1.54) is 0 Å². The maximum Gasteiger partial charge on any atom is 0.289 e. The number of carbonyl (C=O) groups is 2. The van der Waals surface area contributed by atoms with Crippen LogP contribution in [0.2, 0.25) is 0 Å². The average Bonchev–Trinajstić information content (AvgIpc) is 3.26. The lowest BCUT2D eigenvalue weighted by Crippen LogP contribution is -2.41. The van der Waals surface area contributed by atoms with Gasteiger partial charge in [0.05, 0.1) is 6.04 Å². The molecule has 0 bridgehead atoms. The highest BCUT2D eigenvalue weighted by atomic mass is 16.4. The minimum Gasteiger partial charge on any atom is -0.456 e. The van der Waals surface area contributed by atoms with E-state index in [2.05, 4.69) is 25.7 Å². The van der Waals surface area contributed by atoms with Gasteiger partial charge in [0, 0.05) is 45.1 Å². The molecule has 26 heavy (non-hydrogen) atoms. The van der Waals surface area contributed by atoms with Crippen molar-refractivity contribution in [1.82, 2.24) is 14.7 Å². The van der Waals surface area contributed by atoms with Crippen molar-refractivity contribution >= 4 is 11.8 Å². The summed E-state index contributed by atoms with van der Waals surface area (Å²) in [6.45, 7) is 14.6. The molecule has 1 fully saturated rings. The minimum absolute atomic E-state index is 0.0624. The molecule has 2 amide bonds. The molecule has 1 aliphatic heterocycles. The van der Waals surface area contributed by atoms with Gasteiger partial charge in [-0.2, -0.15) is 0 Å². The Bertz CT molecular complexity index is 622. The molecule has 2 heterocycles. The molecule has 0 aromatic carbocycles. The van der Waals surface area contributed by atoms with Crippen LogP contribution < -0.4 is 0 Å². The standard InChI is InChI=1S/C20H33N3O3/c1-6-18-16(13-21(7-2)8-3)12-19(26-18)20(25)22-11-10-17(14-22)23(9-4)15(5)24/h12,17H,6-11,13-14H2,1-5H3/t17-/m0/s1. The summed E-state index contributed by atoms with van der Waals surface area (Å²) >= 11 is 0. The van der Waals surface area contributed by atoms with Crippen LogP contribution in [0.5, 0.6) is 0 Å². The van der Waals surface area contributed by atoms with Gasteiger partial charge in [0.1, 0.15) is 5.76 Å². The van der Waals surface area contributed by atoms with Crippen molar-refractivity contribution in [3.05, 3.63) is 23.2 Å². The molecule has 0 spiro atoms. The van der Waals surface area contributed by atoms with E-state index in [9.17, 15) is 9.59 Å². The van der Waals surface area contributed by atoms with Gasteiger partial charge in [-0.05, 0) is 32.5 Å². The van der Waals surface area contributed by atoms with Crippen LogP contribution in [0.4, 0.5) is 0 Å². The van der Waals surface area contributed by atoms with E-state index in [1.54, 1.807) is 6.92 Å². The first-order valence-electron chi connectivity index (χ1n) is 9.85. The smallest absolute Gasteiger partial charge is 0.289 e. The van der Waals surface area contributed by atoms with E-state index in [-0.39, 0.29) is 17.9 Å². The van der Waals surface area contributed by atoms with Crippen LogP contribution in [0, 0.1) is 0 Å². The maximum absolute atomic E-state index is 12.9. The maximum atomic E-state index is 12.9. The second-order valence-electron chi connectivity index (χ2n) is 6.87. The van der Waals surface area contributed by atoms with E-state index in [0.717, 1.165) is 43.8 Å². The number of hydrogen-bond acceptors (Lipinski definition) is 4. The molecular weight excluding hydrogens is 330 g/mol. The number of carbonyl (C=O) groups excluding carboxylic acids is 2. The fourth-order valence-corrected chi connectivity index (χ4v) is 3.77. The normalized spacial score (nSPS) is 17.2. The zero-order valence-corrected chi connectivity index (χ0v) is 16.9. The zero-order valence-electron chi connectivity index (χ0n) is 16.9. The number of nitrogens with zero attached hydrogens (tertiary/aromatic N) is 3. The third kappa shape index (κ3) is 4.47. The van der Waals surface area contributed by atoms with Crippen LogP contribution in [-0.2, 0) is 17.8 Å². The molecule has 0 aliphatic carbocycles. The van der Waals surface area contributed by atoms with Gasteiger partial charge in [-0.25, -0.2) is 0 Å². The number of aryl methyl sites for hydroxylation is 1. The molecule has 1 saturated heterocycles. The van der Waals surface area contributed by atoms with Gasteiger partial charge in [-0.15, -0.1) is 0 Å². The summed E-state index contributed by atoms with van der Waals surface area (Å²) in [6.07, 6.45) is 1.60. The molecule has 0 unspecified atom stereocenters. The third-order valence-corrected chi connectivity index (χ3v) is 5.35. The summed E-state index contributed by atoms with van der Waals surface area (Å²) in [4.78, 5) is 30.6. The molecule has 1 aromatic heterocycles. The van der Waals surface area contributed by atoms with Crippen molar-refractivity contribution in [3.63, 3.8) is 0 Å². The van der Waals surface area contributed by atoms with E-state index >= 15 is 0 Å². The number of likely N-dealkylation sites (tertiary alicyclic amines) is 1. The molecule has 6 nitrogen and oxygen atoms in total. The number of likely N-dealkylation sites (N-methyl/N-ethyl adjacent to an activating group) is 1. The van der Waals surface area contributed by atoms with E-state index in [1.807, 2.05) is 22.8 Å². The lowest BCUT2D eigenvalue weighted by atomic mass is 10.2. The van der Waals surface area contributed by atoms with Gasteiger partial charge in [-0.1, -0.05) is 20.8 Å². The van der Waals surface area contributed by atoms with Crippen molar-refractivity contribution in [2.24, 2.45) is 0 Å². The highest BCUT2D eigenvalue weighted by molar-refractivity contribution is 5.92. The summed E-state index contributed by atoms with van der Waals surface area (Å²) in [7, 11) is 0. The summed E-state index contributed by atoms with van der Waals surface area (Å²) < 4.78 is 5.90. The third-order valence-electron chi connectivity index (χ3n) is 5.35. The number of hydrogen-bond donors (Lipinski definition) is 0. The average molecular weight is 364 g/mol.